The number of aliphatic imine (C=N–C) groups is 1. The van der Waals surface area contributed by atoms with Crippen LogP contribution in [0.5, 0.6) is 5.88 Å². The Balaban J connectivity index is 0.00000259. The van der Waals surface area contributed by atoms with Crippen LogP contribution in [0.4, 0.5) is 0 Å². The van der Waals surface area contributed by atoms with E-state index in [1.54, 1.807) is 7.05 Å². The summed E-state index contributed by atoms with van der Waals surface area (Å²) in [5.74, 6) is 1.51. The minimum Gasteiger partial charge on any atom is -0.474 e. The molecule has 3 fully saturated rings. The second kappa shape index (κ2) is 10.4. The third-order valence-electron chi connectivity index (χ3n) is 7.26. The number of nitrogens with zero attached hydrogens (tertiary/aromatic N) is 3. The number of guanidine groups is 1. The molecule has 2 amide bonds. The van der Waals surface area contributed by atoms with Crippen molar-refractivity contribution in [3.05, 3.63) is 36.0 Å². The van der Waals surface area contributed by atoms with Gasteiger partial charge in [-0.15, -0.1) is 24.0 Å². The largest absolute Gasteiger partial charge is 0.474 e. The molecule has 1 aromatic rings. The van der Waals surface area contributed by atoms with Crippen molar-refractivity contribution in [3.63, 3.8) is 0 Å². The molecular weight excluding hydrogens is 533 g/mol. The number of halogens is 1. The van der Waals surface area contributed by atoms with Crippen LogP contribution in [0.25, 0.3) is 0 Å². The topological polar surface area (TPSA) is 95.9 Å². The highest BCUT2D eigenvalue weighted by Gasteiger charge is 2.58. The molecule has 2 bridgehead atoms. The molecule has 4 unspecified atom stereocenters. The van der Waals surface area contributed by atoms with E-state index in [2.05, 4.69) is 32.8 Å². The van der Waals surface area contributed by atoms with Gasteiger partial charge in [0.05, 0.1) is 11.8 Å². The summed E-state index contributed by atoms with van der Waals surface area (Å²) in [6.45, 7) is 1.39. The van der Waals surface area contributed by atoms with E-state index in [0.29, 0.717) is 37.6 Å². The SMILES string of the molecule is CN=C(NCCN1C(=O)C2C3C=CC(C3)C2C1=O)NCc1ccc(OC2CCCC2)nc1.I. The van der Waals surface area contributed by atoms with Gasteiger partial charge >= 0.3 is 0 Å². The van der Waals surface area contributed by atoms with Crippen LogP contribution in [0, 0.1) is 23.7 Å². The maximum Gasteiger partial charge on any atom is 0.233 e. The van der Waals surface area contributed by atoms with Crippen LogP contribution in [0.15, 0.2) is 35.5 Å². The van der Waals surface area contributed by atoms with Crippen molar-refractivity contribution in [3.8, 4) is 5.88 Å². The number of rotatable bonds is 7. The van der Waals surface area contributed by atoms with Gasteiger partial charge in [0.25, 0.3) is 0 Å². The highest BCUT2D eigenvalue weighted by molar-refractivity contribution is 14.0. The van der Waals surface area contributed by atoms with E-state index in [0.717, 1.165) is 24.8 Å². The highest BCUT2D eigenvalue weighted by atomic mass is 127. The minimum atomic E-state index is -0.136. The molecule has 2 N–H and O–H groups in total. The lowest BCUT2D eigenvalue weighted by Crippen LogP contribution is -2.43. The molecule has 0 radical (unpaired) electrons. The summed E-state index contributed by atoms with van der Waals surface area (Å²) in [6.07, 6.45) is 12.0. The van der Waals surface area contributed by atoms with E-state index in [-0.39, 0.29) is 59.5 Å². The number of pyridine rings is 1. The van der Waals surface area contributed by atoms with Gasteiger partial charge in [-0.25, -0.2) is 4.98 Å². The zero-order chi connectivity index (χ0) is 22.1. The van der Waals surface area contributed by atoms with Crippen molar-refractivity contribution < 1.29 is 14.3 Å². The van der Waals surface area contributed by atoms with Crippen molar-refractivity contribution >= 4 is 41.8 Å². The molecule has 9 heteroatoms. The Morgan fingerprint density at radius 1 is 1.12 bits per heavy atom. The predicted molar refractivity (Wildman–Crippen MR) is 135 cm³/mol. The second-order valence-corrected chi connectivity index (χ2v) is 9.21. The molecule has 33 heavy (non-hydrogen) atoms. The number of hydrogen-bond donors (Lipinski definition) is 2. The van der Waals surface area contributed by atoms with Gasteiger partial charge in [0.15, 0.2) is 5.96 Å². The third kappa shape index (κ3) is 4.88. The molecule has 178 valence electrons. The Labute approximate surface area is 211 Å². The number of imide groups is 1. The first-order valence-corrected chi connectivity index (χ1v) is 11.7. The number of nitrogens with one attached hydrogen (secondary N) is 2. The van der Waals surface area contributed by atoms with Gasteiger partial charge < -0.3 is 15.4 Å². The molecule has 0 aromatic carbocycles. The van der Waals surface area contributed by atoms with Crippen LogP contribution in [0.1, 0.15) is 37.7 Å². The first-order chi connectivity index (χ1) is 15.6. The maximum absolute atomic E-state index is 12.8. The lowest BCUT2D eigenvalue weighted by molar-refractivity contribution is -0.140. The molecule has 8 nitrogen and oxygen atoms in total. The fourth-order valence-corrected chi connectivity index (χ4v) is 5.64. The number of amides is 2. The zero-order valence-electron chi connectivity index (χ0n) is 18.9. The summed E-state index contributed by atoms with van der Waals surface area (Å²) in [7, 11) is 1.70. The number of fused-ring (bicyclic) bond motifs is 5. The van der Waals surface area contributed by atoms with E-state index >= 15 is 0 Å². The summed E-state index contributed by atoms with van der Waals surface area (Å²) in [5.41, 5.74) is 1.02. The van der Waals surface area contributed by atoms with E-state index in [4.69, 9.17) is 4.74 Å². The normalized spacial score (nSPS) is 28.3. The van der Waals surface area contributed by atoms with Crippen LogP contribution in [-0.4, -0.2) is 53.9 Å². The second-order valence-electron chi connectivity index (χ2n) is 9.21. The Morgan fingerprint density at radius 3 is 2.42 bits per heavy atom. The van der Waals surface area contributed by atoms with Gasteiger partial charge in [-0.1, -0.05) is 18.2 Å². The van der Waals surface area contributed by atoms with E-state index < -0.39 is 0 Å². The van der Waals surface area contributed by atoms with E-state index in [1.165, 1.54) is 17.7 Å². The smallest absolute Gasteiger partial charge is 0.233 e. The Hall–Kier alpha value is -2.17. The van der Waals surface area contributed by atoms with Crippen LogP contribution in [0.2, 0.25) is 0 Å². The molecule has 5 rings (SSSR count). The fourth-order valence-electron chi connectivity index (χ4n) is 5.64. The fraction of sp³-hybridized carbons (Fsp3) is 0.583. The predicted octanol–water partition coefficient (Wildman–Crippen LogP) is 2.49. The first-order valence-electron chi connectivity index (χ1n) is 11.7. The number of carbonyl (C=O) groups is 2. The standard InChI is InChI=1S/C24H31N5O3.HI/c1-25-24(28-14-15-6-9-19(27-13-15)32-18-4-2-3-5-18)26-10-11-29-22(30)20-16-7-8-17(12-16)21(20)23(29)31;/h6-9,13,16-18,20-21H,2-5,10-12,14H2,1H3,(H2,25,26,28);1H. The molecule has 4 atom stereocenters. The van der Waals surface area contributed by atoms with E-state index in [1.807, 2.05) is 18.3 Å². The Kier molecular flexibility index (Phi) is 7.55. The van der Waals surface area contributed by atoms with Crippen LogP contribution in [-0.2, 0) is 16.1 Å². The average molecular weight is 565 g/mol. The lowest BCUT2D eigenvalue weighted by atomic mass is 9.85. The Morgan fingerprint density at radius 2 is 1.82 bits per heavy atom. The lowest BCUT2D eigenvalue weighted by Gasteiger charge is -2.18. The number of carbonyl (C=O) groups excluding carboxylic acids is 2. The number of likely N-dealkylation sites (tertiary alicyclic amines) is 1. The number of hydrogen-bond acceptors (Lipinski definition) is 5. The molecule has 2 saturated carbocycles. The zero-order valence-corrected chi connectivity index (χ0v) is 21.2. The van der Waals surface area contributed by atoms with Gasteiger partial charge in [0.1, 0.15) is 6.10 Å². The van der Waals surface area contributed by atoms with Crippen molar-refractivity contribution in [1.29, 1.82) is 0 Å². The summed E-state index contributed by atoms with van der Waals surface area (Å²) in [5, 5.41) is 6.45. The van der Waals surface area contributed by atoms with Gasteiger partial charge in [-0.2, -0.15) is 0 Å². The van der Waals surface area contributed by atoms with Crippen molar-refractivity contribution in [2.75, 3.05) is 20.1 Å². The Bertz CT molecular complexity index is 899. The van der Waals surface area contributed by atoms with Crippen molar-refractivity contribution in [1.82, 2.24) is 20.5 Å². The summed E-state index contributed by atoms with van der Waals surface area (Å²) in [4.78, 5) is 35.6. The minimum absolute atomic E-state index is 0. The number of ether oxygens (including phenoxy) is 1. The van der Waals surface area contributed by atoms with Crippen LogP contribution in [0.3, 0.4) is 0 Å². The molecule has 1 aliphatic heterocycles. The van der Waals surface area contributed by atoms with Gasteiger partial charge in [0, 0.05) is 38.9 Å². The van der Waals surface area contributed by atoms with Gasteiger partial charge in [0.2, 0.25) is 17.7 Å². The summed E-state index contributed by atoms with van der Waals surface area (Å²) < 4.78 is 5.91. The molecule has 1 aromatic heterocycles. The van der Waals surface area contributed by atoms with Crippen LogP contribution < -0.4 is 15.4 Å². The summed E-state index contributed by atoms with van der Waals surface area (Å²) >= 11 is 0. The average Bonchev–Trinajstić information content (AvgIpc) is 3.59. The maximum atomic E-state index is 12.8. The first kappa shape index (κ1) is 24.0. The van der Waals surface area contributed by atoms with E-state index in [9.17, 15) is 9.59 Å². The number of aromatic nitrogens is 1. The van der Waals surface area contributed by atoms with Crippen molar-refractivity contribution in [2.24, 2.45) is 28.7 Å². The number of allylic oxidation sites excluding steroid dienone is 2. The quantitative estimate of drug-likeness (QED) is 0.174. The molecule has 2 heterocycles. The van der Waals surface area contributed by atoms with Crippen molar-refractivity contribution in [2.45, 2.75) is 44.8 Å². The molecule has 4 aliphatic rings. The molecule has 0 spiro atoms. The molecular formula is C24H32IN5O3. The highest BCUT2D eigenvalue weighted by Crippen LogP contribution is 2.52. The molecule has 3 aliphatic carbocycles. The van der Waals surface area contributed by atoms with Gasteiger partial charge in [-0.3, -0.25) is 19.5 Å². The van der Waals surface area contributed by atoms with Gasteiger partial charge in [-0.05, 0) is 49.5 Å². The summed E-state index contributed by atoms with van der Waals surface area (Å²) in [6, 6.07) is 3.91. The van der Waals surface area contributed by atoms with Crippen LogP contribution >= 0.6 is 24.0 Å². The third-order valence-corrected chi connectivity index (χ3v) is 7.26. The molecule has 1 saturated heterocycles. The monoisotopic (exact) mass is 565 g/mol.